The second-order valence-corrected chi connectivity index (χ2v) is 6.82. The molecule has 0 spiro atoms. The molecule has 2 N–H and O–H groups in total. The Hall–Kier alpha value is 0.1000. The predicted molar refractivity (Wildman–Crippen MR) is 78.5 cm³/mol. The molecule has 1 aliphatic rings. The first-order chi connectivity index (χ1) is 8.09. The Labute approximate surface area is 116 Å². The van der Waals surface area contributed by atoms with Crippen LogP contribution in [0, 0.1) is 0 Å². The Morgan fingerprint density at radius 1 is 1.53 bits per heavy atom. The molecule has 1 fully saturated rings. The fraction of sp³-hybridized carbons (Fsp3) is 0.692. The number of likely N-dealkylation sites (tertiary alicyclic amines) is 1. The lowest BCUT2D eigenvalue weighted by atomic mass is 9.87. The van der Waals surface area contributed by atoms with Crippen LogP contribution in [0.4, 0.5) is 0 Å². The van der Waals surface area contributed by atoms with Crippen molar-refractivity contribution >= 4 is 27.3 Å². The van der Waals surface area contributed by atoms with Crippen molar-refractivity contribution < 1.29 is 0 Å². The zero-order chi connectivity index (χ0) is 12.5. The van der Waals surface area contributed by atoms with Crippen LogP contribution < -0.4 is 5.73 Å². The largest absolute Gasteiger partial charge is 0.322 e. The SMILES string of the molecule is CCC(C)(C(N)c1sccc1Br)N1CCCC1. The molecule has 17 heavy (non-hydrogen) atoms. The molecule has 1 saturated heterocycles. The van der Waals surface area contributed by atoms with Gasteiger partial charge in [0, 0.05) is 14.9 Å². The first kappa shape index (κ1) is 13.5. The van der Waals surface area contributed by atoms with Crippen molar-refractivity contribution in [1.29, 1.82) is 0 Å². The number of halogens is 1. The molecule has 1 aromatic heterocycles. The summed E-state index contributed by atoms with van der Waals surface area (Å²) in [5.74, 6) is 0. The van der Waals surface area contributed by atoms with Gasteiger partial charge in [-0.15, -0.1) is 11.3 Å². The molecule has 1 aliphatic heterocycles. The maximum absolute atomic E-state index is 6.55. The quantitative estimate of drug-likeness (QED) is 0.916. The summed E-state index contributed by atoms with van der Waals surface area (Å²) in [6, 6.07) is 2.19. The van der Waals surface area contributed by atoms with Crippen LogP contribution in [0.2, 0.25) is 0 Å². The summed E-state index contributed by atoms with van der Waals surface area (Å²) in [4.78, 5) is 3.85. The first-order valence-electron chi connectivity index (χ1n) is 6.33. The molecule has 0 aromatic carbocycles. The highest BCUT2D eigenvalue weighted by Crippen LogP contribution is 2.39. The van der Waals surface area contributed by atoms with Crippen LogP contribution in [0.25, 0.3) is 0 Å². The molecular weight excluding hydrogens is 296 g/mol. The normalized spacial score (nSPS) is 22.6. The third-order valence-corrected chi connectivity index (χ3v) is 6.10. The van der Waals surface area contributed by atoms with E-state index in [4.69, 9.17) is 5.73 Å². The van der Waals surface area contributed by atoms with Gasteiger partial charge in [0.1, 0.15) is 0 Å². The van der Waals surface area contributed by atoms with Gasteiger partial charge in [-0.05, 0) is 66.7 Å². The highest BCUT2D eigenvalue weighted by Gasteiger charge is 2.39. The molecule has 2 heterocycles. The van der Waals surface area contributed by atoms with Crippen molar-refractivity contribution in [2.24, 2.45) is 5.73 Å². The molecule has 0 bridgehead atoms. The van der Waals surface area contributed by atoms with E-state index in [1.54, 1.807) is 11.3 Å². The van der Waals surface area contributed by atoms with Gasteiger partial charge in [-0.25, -0.2) is 0 Å². The summed E-state index contributed by atoms with van der Waals surface area (Å²) < 4.78 is 1.16. The second-order valence-electron chi connectivity index (χ2n) is 5.02. The van der Waals surface area contributed by atoms with Gasteiger partial charge in [0.15, 0.2) is 0 Å². The van der Waals surface area contributed by atoms with Gasteiger partial charge in [0.25, 0.3) is 0 Å². The molecule has 4 heteroatoms. The van der Waals surface area contributed by atoms with Crippen LogP contribution in [0.1, 0.15) is 44.0 Å². The molecule has 1 aromatic rings. The summed E-state index contributed by atoms with van der Waals surface area (Å²) in [7, 11) is 0. The minimum Gasteiger partial charge on any atom is -0.322 e. The van der Waals surface area contributed by atoms with Crippen molar-refractivity contribution in [3.63, 3.8) is 0 Å². The highest BCUT2D eigenvalue weighted by molar-refractivity contribution is 9.10. The maximum atomic E-state index is 6.55. The average molecular weight is 317 g/mol. The molecule has 2 rings (SSSR count). The van der Waals surface area contributed by atoms with Gasteiger partial charge in [-0.1, -0.05) is 6.92 Å². The Morgan fingerprint density at radius 2 is 2.18 bits per heavy atom. The van der Waals surface area contributed by atoms with E-state index in [2.05, 4.69) is 46.1 Å². The summed E-state index contributed by atoms with van der Waals surface area (Å²) >= 11 is 5.37. The van der Waals surface area contributed by atoms with Gasteiger partial charge in [0.2, 0.25) is 0 Å². The minimum absolute atomic E-state index is 0.0872. The Morgan fingerprint density at radius 3 is 2.65 bits per heavy atom. The van der Waals surface area contributed by atoms with Gasteiger partial charge >= 0.3 is 0 Å². The molecular formula is C13H21BrN2S. The number of rotatable bonds is 4. The molecule has 0 saturated carbocycles. The minimum atomic E-state index is 0.0872. The standard InChI is InChI=1S/C13H21BrN2S/c1-3-13(2,16-7-4-5-8-16)12(15)11-10(14)6-9-17-11/h6,9,12H,3-5,7-8,15H2,1-2H3. The van der Waals surface area contributed by atoms with Crippen molar-refractivity contribution in [1.82, 2.24) is 4.90 Å². The van der Waals surface area contributed by atoms with Crippen LogP contribution in [0.5, 0.6) is 0 Å². The zero-order valence-electron chi connectivity index (χ0n) is 10.6. The maximum Gasteiger partial charge on any atom is 0.0585 e. The van der Waals surface area contributed by atoms with Crippen molar-refractivity contribution in [3.05, 3.63) is 20.8 Å². The molecule has 2 unspecified atom stereocenters. The van der Waals surface area contributed by atoms with Gasteiger partial charge in [-0.3, -0.25) is 4.90 Å². The van der Waals surface area contributed by atoms with E-state index in [1.165, 1.54) is 30.8 Å². The fourth-order valence-electron chi connectivity index (χ4n) is 2.68. The lowest BCUT2D eigenvalue weighted by molar-refractivity contribution is 0.101. The lowest BCUT2D eigenvalue weighted by Crippen LogP contribution is -2.51. The van der Waals surface area contributed by atoms with Crippen molar-refractivity contribution in [2.75, 3.05) is 13.1 Å². The van der Waals surface area contributed by atoms with E-state index in [0.717, 1.165) is 10.9 Å². The Balaban J connectivity index is 2.25. The molecule has 2 nitrogen and oxygen atoms in total. The van der Waals surface area contributed by atoms with E-state index >= 15 is 0 Å². The summed E-state index contributed by atoms with van der Waals surface area (Å²) in [5, 5.41) is 2.11. The third kappa shape index (κ3) is 2.46. The second kappa shape index (κ2) is 5.39. The third-order valence-electron chi connectivity index (χ3n) is 4.14. The molecule has 96 valence electrons. The van der Waals surface area contributed by atoms with E-state index < -0.39 is 0 Å². The number of hydrogen-bond acceptors (Lipinski definition) is 3. The average Bonchev–Trinajstić information content (AvgIpc) is 2.97. The van der Waals surface area contributed by atoms with E-state index in [9.17, 15) is 0 Å². The number of nitrogens with two attached hydrogens (primary N) is 1. The molecule has 0 aliphatic carbocycles. The smallest absolute Gasteiger partial charge is 0.0585 e. The lowest BCUT2D eigenvalue weighted by Gasteiger charge is -2.42. The van der Waals surface area contributed by atoms with Crippen LogP contribution >= 0.6 is 27.3 Å². The van der Waals surface area contributed by atoms with Crippen molar-refractivity contribution in [3.8, 4) is 0 Å². The first-order valence-corrected chi connectivity index (χ1v) is 8.00. The topological polar surface area (TPSA) is 29.3 Å². The van der Waals surface area contributed by atoms with Gasteiger partial charge in [-0.2, -0.15) is 0 Å². The predicted octanol–water partition coefficient (Wildman–Crippen LogP) is 3.77. The fourth-order valence-corrected chi connectivity index (χ4v) is 4.44. The summed E-state index contributed by atoms with van der Waals surface area (Å²) in [6.45, 7) is 6.96. The number of thiophene rings is 1. The van der Waals surface area contributed by atoms with Crippen LogP contribution in [0.15, 0.2) is 15.9 Å². The van der Waals surface area contributed by atoms with Gasteiger partial charge in [0.05, 0.1) is 6.04 Å². The summed E-state index contributed by atoms with van der Waals surface area (Å²) in [6.07, 6.45) is 3.72. The van der Waals surface area contributed by atoms with Crippen LogP contribution in [-0.2, 0) is 0 Å². The van der Waals surface area contributed by atoms with Crippen molar-refractivity contribution in [2.45, 2.75) is 44.7 Å². The van der Waals surface area contributed by atoms with E-state index in [0.29, 0.717) is 0 Å². The van der Waals surface area contributed by atoms with Crippen LogP contribution in [0.3, 0.4) is 0 Å². The Bertz CT molecular complexity index is 373. The molecule has 2 atom stereocenters. The van der Waals surface area contributed by atoms with E-state index in [-0.39, 0.29) is 11.6 Å². The van der Waals surface area contributed by atoms with E-state index in [1.807, 2.05) is 0 Å². The zero-order valence-corrected chi connectivity index (χ0v) is 13.0. The van der Waals surface area contributed by atoms with Crippen LogP contribution in [-0.4, -0.2) is 23.5 Å². The highest BCUT2D eigenvalue weighted by atomic mass is 79.9. The molecule has 0 amide bonds. The number of nitrogens with zero attached hydrogens (tertiary/aromatic N) is 1. The number of hydrogen-bond donors (Lipinski definition) is 1. The van der Waals surface area contributed by atoms with Gasteiger partial charge < -0.3 is 5.73 Å². The Kier molecular flexibility index (Phi) is 4.29. The summed E-state index contributed by atoms with van der Waals surface area (Å²) in [5.41, 5.74) is 6.64. The molecule has 0 radical (unpaired) electrons. The monoisotopic (exact) mass is 316 g/mol.